The molecule has 1 heterocycles. The van der Waals surface area contributed by atoms with Crippen molar-refractivity contribution in [3.63, 3.8) is 0 Å². The molecular formula is C9H10N2O3. The van der Waals surface area contributed by atoms with Crippen LogP contribution in [-0.2, 0) is 0 Å². The predicted octanol–water partition coefficient (Wildman–Crippen LogP) is 1.30. The molecule has 1 aromatic carbocycles. The van der Waals surface area contributed by atoms with Crippen molar-refractivity contribution < 1.29 is 9.66 Å². The number of nitrogens with zero attached hydrogens (tertiary/aromatic N) is 1. The number of non-ortho nitro benzene ring substituents is 1. The van der Waals surface area contributed by atoms with Gasteiger partial charge in [-0.05, 0) is 12.5 Å². The Morgan fingerprint density at radius 1 is 1.64 bits per heavy atom. The molecule has 2 N–H and O–H groups in total. The molecule has 5 heteroatoms. The molecule has 1 aromatic rings. The third-order valence-electron chi connectivity index (χ3n) is 2.33. The lowest BCUT2D eigenvalue weighted by Gasteiger charge is -2.04. The van der Waals surface area contributed by atoms with Crippen LogP contribution in [0.3, 0.4) is 0 Å². The fourth-order valence-electron chi connectivity index (χ4n) is 1.71. The summed E-state index contributed by atoms with van der Waals surface area (Å²) in [4.78, 5) is 10.1. The number of nitrogens with two attached hydrogens (primary N) is 1. The molecule has 1 atom stereocenters. The molecule has 14 heavy (non-hydrogen) atoms. The van der Waals surface area contributed by atoms with Gasteiger partial charge in [-0.3, -0.25) is 10.1 Å². The van der Waals surface area contributed by atoms with E-state index < -0.39 is 4.92 Å². The maximum absolute atomic E-state index is 10.6. The summed E-state index contributed by atoms with van der Waals surface area (Å²) in [5.74, 6) is 0.546. The Balaban J connectivity index is 2.57. The fraction of sp³-hybridized carbons (Fsp3) is 0.333. The van der Waals surface area contributed by atoms with Gasteiger partial charge in [-0.2, -0.15) is 0 Å². The highest BCUT2D eigenvalue weighted by Gasteiger charge is 2.25. The van der Waals surface area contributed by atoms with Gasteiger partial charge in [0.2, 0.25) is 0 Å². The maximum atomic E-state index is 10.6. The molecule has 5 nitrogen and oxygen atoms in total. The first-order valence-electron chi connectivity index (χ1n) is 4.27. The van der Waals surface area contributed by atoms with Crippen LogP contribution >= 0.6 is 0 Å². The zero-order valence-corrected chi connectivity index (χ0v) is 7.69. The summed E-state index contributed by atoms with van der Waals surface area (Å²) in [6.07, 6.45) is 0. The standard InChI is InChI=1S/C9H10N2O3/c1-5-2-6(11(12)13)3-8-9(5)7(10)4-14-8/h2-3,7H,4,10H2,1H3/t7-/m0/s1. The minimum atomic E-state index is -0.430. The van der Waals surface area contributed by atoms with Gasteiger partial charge in [-0.1, -0.05) is 0 Å². The zero-order chi connectivity index (χ0) is 10.3. The molecule has 0 saturated carbocycles. The highest BCUT2D eigenvalue weighted by atomic mass is 16.6. The smallest absolute Gasteiger partial charge is 0.273 e. The molecule has 0 aliphatic carbocycles. The average molecular weight is 194 g/mol. The van der Waals surface area contributed by atoms with Gasteiger partial charge in [0.25, 0.3) is 5.69 Å². The number of hydrogen-bond acceptors (Lipinski definition) is 4. The van der Waals surface area contributed by atoms with Crippen molar-refractivity contribution in [3.05, 3.63) is 33.4 Å². The van der Waals surface area contributed by atoms with Crippen molar-refractivity contribution in [1.82, 2.24) is 0 Å². The second-order valence-corrected chi connectivity index (χ2v) is 3.35. The topological polar surface area (TPSA) is 78.4 Å². The van der Waals surface area contributed by atoms with Crippen molar-refractivity contribution >= 4 is 5.69 Å². The molecular weight excluding hydrogens is 184 g/mol. The van der Waals surface area contributed by atoms with Crippen LogP contribution in [-0.4, -0.2) is 11.5 Å². The molecule has 0 amide bonds. The van der Waals surface area contributed by atoms with Gasteiger partial charge in [0.1, 0.15) is 12.4 Å². The Hall–Kier alpha value is -1.62. The van der Waals surface area contributed by atoms with Crippen LogP contribution in [0.2, 0.25) is 0 Å². The predicted molar refractivity (Wildman–Crippen MR) is 50.3 cm³/mol. The highest BCUT2D eigenvalue weighted by molar-refractivity contribution is 5.52. The number of nitro groups is 1. The van der Waals surface area contributed by atoms with Crippen LogP contribution in [0.25, 0.3) is 0 Å². The summed E-state index contributed by atoms with van der Waals surface area (Å²) in [7, 11) is 0. The van der Waals surface area contributed by atoms with Gasteiger partial charge >= 0.3 is 0 Å². The summed E-state index contributed by atoms with van der Waals surface area (Å²) in [6.45, 7) is 2.21. The Kier molecular flexibility index (Phi) is 1.89. The summed E-state index contributed by atoms with van der Waals surface area (Å²) in [5.41, 5.74) is 7.53. The van der Waals surface area contributed by atoms with Gasteiger partial charge in [0.15, 0.2) is 0 Å². The lowest BCUT2D eigenvalue weighted by Crippen LogP contribution is -2.11. The van der Waals surface area contributed by atoms with Crippen LogP contribution < -0.4 is 10.5 Å². The van der Waals surface area contributed by atoms with Crippen molar-refractivity contribution in [3.8, 4) is 5.75 Å². The van der Waals surface area contributed by atoms with E-state index >= 15 is 0 Å². The molecule has 0 fully saturated rings. The third kappa shape index (κ3) is 1.22. The first-order chi connectivity index (χ1) is 6.59. The van der Waals surface area contributed by atoms with Gasteiger partial charge in [-0.25, -0.2) is 0 Å². The molecule has 1 aliphatic rings. The first-order valence-corrected chi connectivity index (χ1v) is 4.27. The minimum absolute atomic E-state index is 0.0513. The molecule has 2 rings (SSSR count). The van der Waals surface area contributed by atoms with Gasteiger partial charge in [0, 0.05) is 11.6 Å². The van der Waals surface area contributed by atoms with Gasteiger partial charge in [-0.15, -0.1) is 0 Å². The molecule has 0 saturated heterocycles. The fourth-order valence-corrected chi connectivity index (χ4v) is 1.71. The van der Waals surface area contributed by atoms with E-state index in [4.69, 9.17) is 10.5 Å². The van der Waals surface area contributed by atoms with E-state index in [0.717, 1.165) is 11.1 Å². The Labute approximate surface area is 80.6 Å². The quantitative estimate of drug-likeness (QED) is 0.539. The zero-order valence-electron chi connectivity index (χ0n) is 7.69. The summed E-state index contributed by atoms with van der Waals surface area (Å²) >= 11 is 0. The van der Waals surface area contributed by atoms with Crippen LogP contribution in [0.5, 0.6) is 5.75 Å². The van der Waals surface area contributed by atoms with Gasteiger partial charge < -0.3 is 10.5 Å². The van der Waals surface area contributed by atoms with Crippen LogP contribution in [0, 0.1) is 17.0 Å². The summed E-state index contributed by atoms with van der Waals surface area (Å²) < 4.78 is 5.25. The van der Waals surface area contributed by atoms with E-state index in [1.54, 1.807) is 6.92 Å². The number of ether oxygens (including phenoxy) is 1. The number of rotatable bonds is 1. The van der Waals surface area contributed by atoms with Crippen molar-refractivity contribution in [2.24, 2.45) is 5.73 Å². The molecule has 0 aromatic heterocycles. The number of hydrogen-bond donors (Lipinski definition) is 1. The highest BCUT2D eigenvalue weighted by Crippen LogP contribution is 2.36. The van der Waals surface area contributed by atoms with E-state index in [0.29, 0.717) is 12.4 Å². The number of nitro benzene ring substituents is 1. The largest absolute Gasteiger partial charge is 0.491 e. The molecule has 0 unspecified atom stereocenters. The van der Waals surface area contributed by atoms with Crippen LogP contribution in [0.15, 0.2) is 12.1 Å². The first kappa shape index (κ1) is 8.96. The second kappa shape index (κ2) is 2.95. The maximum Gasteiger partial charge on any atom is 0.273 e. The summed E-state index contributed by atoms with van der Waals surface area (Å²) in [5, 5.41) is 10.6. The van der Waals surface area contributed by atoms with E-state index in [2.05, 4.69) is 0 Å². The van der Waals surface area contributed by atoms with Crippen molar-refractivity contribution in [2.45, 2.75) is 13.0 Å². The molecule has 1 aliphatic heterocycles. The molecule has 0 bridgehead atoms. The van der Waals surface area contributed by atoms with Crippen molar-refractivity contribution in [1.29, 1.82) is 0 Å². The minimum Gasteiger partial charge on any atom is -0.491 e. The second-order valence-electron chi connectivity index (χ2n) is 3.35. The van der Waals surface area contributed by atoms with E-state index in [1.807, 2.05) is 0 Å². The molecule has 0 spiro atoms. The number of aryl methyl sites for hydroxylation is 1. The Bertz CT molecular complexity index is 403. The number of fused-ring (bicyclic) bond motifs is 1. The van der Waals surface area contributed by atoms with Crippen LogP contribution in [0.4, 0.5) is 5.69 Å². The Morgan fingerprint density at radius 2 is 2.36 bits per heavy atom. The van der Waals surface area contributed by atoms with E-state index in [-0.39, 0.29) is 11.7 Å². The SMILES string of the molecule is Cc1cc([N+](=O)[O-])cc2c1[C@@H](N)CO2. The average Bonchev–Trinajstić information content (AvgIpc) is 2.48. The van der Waals surface area contributed by atoms with Gasteiger partial charge in [0.05, 0.1) is 17.0 Å². The van der Waals surface area contributed by atoms with Crippen molar-refractivity contribution in [2.75, 3.05) is 6.61 Å². The normalized spacial score (nSPS) is 18.9. The van der Waals surface area contributed by atoms with E-state index in [9.17, 15) is 10.1 Å². The third-order valence-corrected chi connectivity index (χ3v) is 2.33. The molecule has 74 valence electrons. The molecule has 0 radical (unpaired) electrons. The number of benzene rings is 1. The van der Waals surface area contributed by atoms with E-state index in [1.165, 1.54) is 12.1 Å². The summed E-state index contributed by atoms with van der Waals surface area (Å²) in [6, 6.07) is 2.79. The van der Waals surface area contributed by atoms with Crippen LogP contribution in [0.1, 0.15) is 17.2 Å². The lowest BCUT2D eigenvalue weighted by molar-refractivity contribution is -0.385. The monoisotopic (exact) mass is 194 g/mol. The Morgan fingerprint density at radius 3 is 3.00 bits per heavy atom. The lowest BCUT2D eigenvalue weighted by atomic mass is 10.0.